The van der Waals surface area contributed by atoms with E-state index in [1.165, 1.54) is 24.5 Å². The molecule has 3 aromatic carbocycles. The first-order valence-electron chi connectivity index (χ1n) is 11.2. The smallest absolute Gasteiger partial charge is 0.180 e. The fraction of sp³-hybridized carbons (Fsp3) is 0.357. The zero-order valence-corrected chi connectivity index (χ0v) is 21.2. The van der Waals surface area contributed by atoms with E-state index in [0.29, 0.717) is 0 Å². The first kappa shape index (κ1) is 29.2. The Hall–Kier alpha value is -1.84. The summed E-state index contributed by atoms with van der Waals surface area (Å²) in [6.45, 7) is 14.9. The van der Waals surface area contributed by atoms with Crippen molar-refractivity contribution in [2.24, 2.45) is 0 Å². The third kappa shape index (κ3) is 7.66. The average molecular weight is 458 g/mol. The maximum Gasteiger partial charge on any atom is 0.180 e. The Morgan fingerprint density at radius 2 is 1.13 bits per heavy atom. The van der Waals surface area contributed by atoms with Gasteiger partial charge in [-0.15, -0.1) is 0 Å². The van der Waals surface area contributed by atoms with Gasteiger partial charge in [0.25, 0.3) is 0 Å². The summed E-state index contributed by atoms with van der Waals surface area (Å²) in [5, 5.41) is 0. The standard InChI is InChI=1S/C21H19OS2.3C2H6.CH4/c1-2-15-22-16-11-13-17(14-12-16)24-20-9-5-3-7-18(20)23-19-8-4-6-10-21(19)24;3*1-2;/h3-14H,2,15H2,1H3;3*1-2H3;1H4/q+1;;;;. The molecule has 1 aliphatic heterocycles. The zero-order chi connectivity index (χ0) is 22.4. The summed E-state index contributed by atoms with van der Waals surface area (Å²) in [6, 6.07) is 26.2. The molecule has 0 N–H and O–H groups in total. The highest BCUT2D eigenvalue weighted by Crippen LogP contribution is 2.48. The number of ether oxygens (including phenoxy) is 1. The van der Waals surface area contributed by atoms with E-state index < -0.39 is 0 Å². The number of benzene rings is 3. The predicted molar refractivity (Wildman–Crippen MR) is 142 cm³/mol. The fourth-order valence-electron chi connectivity index (χ4n) is 2.79. The lowest BCUT2D eigenvalue weighted by Crippen LogP contribution is -2.10. The van der Waals surface area contributed by atoms with Gasteiger partial charge in [0.15, 0.2) is 14.7 Å². The Balaban J connectivity index is 0.00000119. The lowest BCUT2D eigenvalue weighted by molar-refractivity contribution is 0.317. The van der Waals surface area contributed by atoms with Gasteiger partial charge in [0.1, 0.15) is 16.6 Å². The maximum absolute atomic E-state index is 5.74. The Labute approximate surface area is 199 Å². The molecular weight excluding hydrogens is 416 g/mol. The van der Waals surface area contributed by atoms with E-state index in [1.807, 2.05) is 53.3 Å². The Morgan fingerprint density at radius 3 is 1.58 bits per heavy atom. The van der Waals surface area contributed by atoms with Crippen LogP contribution >= 0.6 is 11.8 Å². The van der Waals surface area contributed by atoms with Crippen molar-refractivity contribution in [1.29, 1.82) is 0 Å². The van der Waals surface area contributed by atoms with Crippen molar-refractivity contribution < 1.29 is 4.74 Å². The predicted octanol–water partition coefficient (Wildman–Crippen LogP) is 9.75. The molecule has 0 spiro atoms. The average Bonchev–Trinajstić information content (AvgIpc) is 2.85. The summed E-state index contributed by atoms with van der Waals surface area (Å²) >= 11 is 1.88. The summed E-state index contributed by atoms with van der Waals surface area (Å²) in [7, 11) is -0.0483. The van der Waals surface area contributed by atoms with E-state index in [4.69, 9.17) is 4.74 Å². The van der Waals surface area contributed by atoms with Crippen molar-refractivity contribution in [3.05, 3.63) is 72.8 Å². The number of hydrogen-bond donors (Lipinski definition) is 0. The molecule has 31 heavy (non-hydrogen) atoms. The Bertz CT molecular complexity index is 798. The molecule has 170 valence electrons. The van der Waals surface area contributed by atoms with Gasteiger partial charge in [-0.3, -0.25) is 0 Å². The molecule has 0 unspecified atom stereocenters. The normalized spacial score (nSPS) is 10.8. The number of rotatable bonds is 4. The lowest BCUT2D eigenvalue weighted by atomic mass is 10.3. The molecule has 0 aliphatic carbocycles. The van der Waals surface area contributed by atoms with E-state index in [9.17, 15) is 0 Å². The highest BCUT2D eigenvalue weighted by atomic mass is 32.2. The molecular formula is C28H41OS2+. The van der Waals surface area contributed by atoms with Crippen LogP contribution in [0.4, 0.5) is 0 Å². The first-order valence-corrected chi connectivity index (χ1v) is 13.2. The number of fused-ring (bicyclic) bond motifs is 2. The SMILES string of the molecule is C.CC.CC.CC.CCCOc1ccc([S+]2c3ccccc3Sc3ccccc32)cc1. The van der Waals surface area contributed by atoms with Gasteiger partial charge < -0.3 is 4.74 Å². The van der Waals surface area contributed by atoms with Crippen molar-refractivity contribution in [2.75, 3.05) is 6.61 Å². The van der Waals surface area contributed by atoms with Crippen LogP contribution in [0.2, 0.25) is 0 Å². The second kappa shape index (κ2) is 16.8. The highest BCUT2D eigenvalue weighted by molar-refractivity contribution is 8.04. The third-order valence-corrected chi connectivity index (χ3v) is 7.64. The van der Waals surface area contributed by atoms with Crippen LogP contribution in [0.1, 0.15) is 62.3 Å². The van der Waals surface area contributed by atoms with Crippen LogP contribution in [0.5, 0.6) is 5.75 Å². The van der Waals surface area contributed by atoms with Gasteiger partial charge in [-0.05, 0) is 55.0 Å². The molecule has 1 heterocycles. The van der Waals surface area contributed by atoms with Crippen molar-refractivity contribution in [2.45, 2.75) is 86.8 Å². The topological polar surface area (TPSA) is 9.23 Å². The summed E-state index contributed by atoms with van der Waals surface area (Å²) in [5.74, 6) is 0.956. The van der Waals surface area contributed by atoms with Crippen molar-refractivity contribution in [3.63, 3.8) is 0 Å². The van der Waals surface area contributed by atoms with Gasteiger partial charge in [0, 0.05) is 0 Å². The minimum absolute atomic E-state index is 0. The van der Waals surface area contributed by atoms with Crippen LogP contribution in [0.3, 0.4) is 0 Å². The lowest BCUT2D eigenvalue weighted by Gasteiger charge is -2.18. The Kier molecular flexibility index (Phi) is 15.8. The summed E-state index contributed by atoms with van der Waals surface area (Å²) in [6.07, 6.45) is 1.03. The second-order valence-electron chi connectivity index (χ2n) is 5.62. The van der Waals surface area contributed by atoms with Crippen molar-refractivity contribution in [3.8, 4) is 5.75 Å². The summed E-state index contributed by atoms with van der Waals surface area (Å²) in [5.41, 5.74) is 0. The molecule has 0 atom stereocenters. The number of hydrogen-bond acceptors (Lipinski definition) is 2. The largest absolute Gasteiger partial charge is 0.494 e. The summed E-state index contributed by atoms with van der Waals surface area (Å²) in [4.78, 5) is 6.92. The molecule has 0 fully saturated rings. The van der Waals surface area contributed by atoms with Crippen LogP contribution in [-0.2, 0) is 10.9 Å². The monoisotopic (exact) mass is 457 g/mol. The minimum Gasteiger partial charge on any atom is -0.494 e. The molecule has 0 radical (unpaired) electrons. The molecule has 0 aromatic heterocycles. The van der Waals surface area contributed by atoms with Crippen LogP contribution in [0.25, 0.3) is 0 Å². The van der Waals surface area contributed by atoms with Crippen LogP contribution in [0.15, 0.2) is 97.3 Å². The van der Waals surface area contributed by atoms with E-state index in [0.717, 1.165) is 18.8 Å². The maximum atomic E-state index is 5.74. The second-order valence-corrected chi connectivity index (χ2v) is 8.67. The van der Waals surface area contributed by atoms with E-state index >= 15 is 0 Å². The molecule has 1 nitrogen and oxygen atoms in total. The molecule has 0 amide bonds. The van der Waals surface area contributed by atoms with E-state index in [2.05, 4.69) is 79.7 Å². The van der Waals surface area contributed by atoms with Gasteiger partial charge in [-0.2, -0.15) is 0 Å². The van der Waals surface area contributed by atoms with E-state index in [1.54, 1.807) is 0 Å². The van der Waals surface area contributed by atoms with Gasteiger partial charge >= 0.3 is 0 Å². The van der Waals surface area contributed by atoms with Gasteiger partial charge in [-0.1, -0.05) is 91.9 Å². The van der Waals surface area contributed by atoms with Crippen molar-refractivity contribution in [1.82, 2.24) is 0 Å². The van der Waals surface area contributed by atoms with Gasteiger partial charge in [0.05, 0.1) is 16.4 Å². The molecule has 0 saturated heterocycles. The van der Waals surface area contributed by atoms with E-state index in [-0.39, 0.29) is 18.3 Å². The minimum atomic E-state index is -0.0483. The van der Waals surface area contributed by atoms with Crippen LogP contribution in [-0.4, -0.2) is 6.61 Å². The first-order chi connectivity index (χ1) is 14.9. The molecule has 0 saturated carbocycles. The van der Waals surface area contributed by atoms with Gasteiger partial charge in [-0.25, -0.2) is 0 Å². The fourth-order valence-corrected chi connectivity index (χ4v) is 6.53. The van der Waals surface area contributed by atoms with Crippen LogP contribution in [0, 0.1) is 0 Å². The third-order valence-electron chi connectivity index (χ3n) is 3.89. The highest BCUT2D eigenvalue weighted by Gasteiger charge is 2.37. The molecule has 3 aromatic rings. The van der Waals surface area contributed by atoms with Crippen molar-refractivity contribution >= 4 is 22.7 Å². The molecule has 3 heteroatoms. The molecule has 0 bridgehead atoms. The molecule has 1 aliphatic rings. The summed E-state index contributed by atoms with van der Waals surface area (Å²) < 4.78 is 5.74. The molecule has 4 rings (SSSR count). The quantitative estimate of drug-likeness (QED) is 0.282. The Morgan fingerprint density at radius 1 is 0.677 bits per heavy atom. The van der Waals surface area contributed by atoms with Gasteiger partial charge in [0.2, 0.25) is 0 Å². The zero-order valence-electron chi connectivity index (χ0n) is 19.6. The van der Waals surface area contributed by atoms with Crippen LogP contribution < -0.4 is 4.74 Å².